The molecular formula is C36H56N10O2S2. The Morgan fingerprint density at radius 1 is 0.660 bits per heavy atom. The normalized spacial score (nSPS) is 20.0. The van der Waals surface area contributed by atoms with Gasteiger partial charge in [0.1, 0.15) is 0 Å². The molecule has 0 spiro atoms. The maximum atomic E-state index is 11.6. The van der Waals surface area contributed by atoms with E-state index < -0.39 is 0 Å². The van der Waals surface area contributed by atoms with Gasteiger partial charge in [0.25, 0.3) is 0 Å². The molecule has 0 atom stereocenters. The number of esters is 1. The standard InChI is InChI=1S/C22H31N5O2S.C14H25N5S/c1-25(2)21-23-22(30-24-21)27-14-10-17(11-15-27)16-8-12-26(13-9-16)19-6-4-18(5-7-19)20(28)29-3;1-18(2)13-16-14(20-17-13)19-9-5-12(6-10-19)11-3-7-15-8-4-11/h4-7,16-17H,8-15H2,1-3H3;11-12,15H,3-10H2,1-2H3. The number of methoxy groups -OCH3 is 1. The lowest BCUT2D eigenvalue weighted by molar-refractivity contribution is 0.0600. The van der Waals surface area contributed by atoms with Crippen molar-refractivity contribution in [3.05, 3.63) is 29.8 Å². The van der Waals surface area contributed by atoms with Crippen LogP contribution in [0.5, 0.6) is 0 Å². The average molecular weight is 725 g/mol. The molecule has 274 valence electrons. The second-order valence-corrected chi connectivity index (χ2v) is 16.1. The van der Waals surface area contributed by atoms with Crippen molar-refractivity contribution in [2.24, 2.45) is 23.7 Å². The van der Waals surface area contributed by atoms with E-state index >= 15 is 0 Å². The monoisotopic (exact) mass is 724 g/mol. The zero-order chi connectivity index (χ0) is 35.0. The lowest BCUT2D eigenvalue weighted by Crippen LogP contribution is -2.41. The molecule has 14 heteroatoms. The van der Waals surface area contributed by atoms with Crippen LogP contribution in [-0.4, -0.2) is 112 Å². The summed E-state index contributed by atoms with van der Waals surface area (Å²) in [5.74, 6) is 4.86. The summed E-state index contributed by atoms with van der Waals surface area (Å²) in [5, 5.41) is 5.62. The van der Waals surface area contributed by atoms with Crippen LogP contribution >= 0.6 is 23.1 Å². The van der Waals surface area contributed by atoms with Gasteiger partial charge in [-0.15, -0.1) is 0 Å². The van der Waals surface area contributed by atoms with Crippen LogP contribution in [0.15, 0.2) is 24.3 Å². The van der Waals surface area contributed by atoms with Crippen molar-refractivity contribution in [1.29, 1.82) is 0 Å². The maximum Gasteiger partial charge on any atom is 0.337 e. The number of anilines is 5. The minimum Gasteiger partial charge on any atom is -0.465 e. The molecule has 4 aliphatic rings. The zero-order valence-corrected chi connectivity index (χ0v) is 32.2. The highest BCUT2D eigenvalue weighted by atomic mass is 32.1. The fraction of sp³-hybridized carbons (Fsp3) is 0.694. The zero-order valence-electron chi connectivity index (χ0n) is 30.6. The Kier molecular flexibility index (Phi) is 12.7. The summed E-state index contributed by atoms with van der Waals surface area (Å²) in [6.07, 6.45) is 10.4. The SMILES string of the molecule is CN(C)c1nsc(N2CCC(C3CCNCC3)CC2)n1.COC(=O)c1ccc(N2CCC(C3CCN(c4nc(N(C)C)ns4)CC3)CC2)cc1. The van der Waals surface area contributed by atoms with Gasteiger partial charge in [0, 0.05) is 96.2 Å². The highest BCUT2D eigenvalue weighted by molar-refractivity contribution is 7.10. The van der Waals surface area contributed by atoms with Crippen LogP contribution in [0.3, 0.4) is 0 Å². The number of carbonyl (C=O) groups excluding carboxylic acids is 1. The second kappa shape index (κ2) is 17.3. The number of aromatic nitrogens is 4. The Hall–Kier alpha value is -3.23. The number of nitrogens with zero attached hydrogens (tertiary/aromatic N) is 9. The largest absolute Gasteiger partial charge is 0.465 e. The third-order valence-corrected chi connectivity index (χ3v) is 12.7. The molecule has 7 rings (SSSR count). The van der Waals surface area contributed by atoms with Gasteiger partial charge < -0.3 is 34.6 Å². The predicted molar refractivity (Wildman–Crippen MR) is 207 cm³/mol. The molecule has 0 radical (unpaired) electrons. The summed E-state index contributed by atoms with van der Waals surface area (Å²) in [7, 11) is 9.38. The van der Waals surface area contributed by atoms with E-state index in [9.17, 15) is 4.79 Å². The summed E-state index contributed by atoms with van der Waals surface area (Å²) in [6.45, 7) is 9.08. The van der Waals surface area contributed by atoms with Crippen molar-refractivity contribution in [1.82, 2.24) is 24.0 Å². The molecule has 4 aliphatic heterocycles. The molecule has 0 aliphatic carbocycles. The van der Waals surface area contributed by atoms with E-state index in [0.29, 0.717) is 5.56 Å². The maximum absolute atomic E-state index is 11.6. The van der Waals surface area contributed by atoms with E-state index in [0.717, 1.165) is 85.1 Å². The number of benzene rings is 1. The molecule has 4 fully saturated rings. The number of ether oxygens (including phenoxy) is 1. The van der Waals surface area contributed by atoms with Gasteiger partial charge >= 0.3 is 5.97 Å². The lowest BCUT2D eigenvalue weighted by Gasteiger charge is -2.40. The minimum atomic E-state index is -0.280. The topological polar surface area (TPSA) is 106 Å². The van der Waals surface area contributed by atoms with Crippen molar-refractivity contribution in [3.8, 4) is 0 Å². The molecule has 2 aromatic heterocycles. The van der Waals surface area contributed by atoms with Gasteiger partial charge in [0.15, 0.2) is 0 Å². The van der Waals surface area contributed by atoms with Gasteiger partial charge in [0.2, 0.25) is 22.2 Å². The van der Waals surface area contributed by atoms with Crippen molar-refractivity contribution < 1.29 is 9.53 Å². The summed E-state index contributed by atoms with van der Waals surface area (Å²) in [4.78, 5) is 32.1. The molecule has 1 aromatic carbocycles. The molecule has 0 unspecified atom stereocenters. The van der Waals surface area contributed by atoms with Gasteiger partial charge in [-0.05, 0) is 112 Å². The quantitative estimate of drug-likeness (QED) is 0.303. The third kappa shape index (κ3) is 9.16. The molecule has 3 aromatic rings. The fourth-order valence-corrected chi connectivity index (χ4v) is 9.61. The number of hydrogen-bond acceptors (Lipinski definition) is 14. The Morgan fingerprint density at radius 2 is 1.06 bits per heavy atom. The lowest BCUT2D eigenvalue weighted by atomic mass is 9.79. The van der Waals surface area contributed by atoms with E-state index in [-0.39, 0.29) is 5.97 Å². The third-order valence-electron chi connectivity index (χ3n) is 11.1. The first kappa shape index (κ1) is 36.6. The second-order valence-electron chi connectivity index (χ2n) is 14.6. The number of piperidine rings is 4. The highest BCUT2D eigenvalue weighted by Gasteiger charge is 2.31. The minimum absolute atomic E-state index is 0.280. The van der Waals surface area contributed by atoms with Gasteiger partial charge in [-0.25, -0.2) is 4.79 Å². The average Bonchev–Trinajstić information content (AvgIpc) is 3.88. The van der Waals surface area contributed by atoms with Crippen LogP contribution in [0.25, 0.3) is 0 Å². The van der Waals surface area contributed by atoms with Crippen molar-refractivity contribution in [2.45, 2.75) is 51.4 Å². The summed E-state index contributed by atoms with van der Waals surface area (Å²) in [5.41, 5.74) is 1.81. The number of nitrogens with one attached hydrogen (secondary N) is 1. The van der Waals surface area contributed by atoms with Gasteiger partial charge in [-0.2, -0.15) is 18.7 Å². The van der Waals surface area contributed by atoms with Crippen molar-refractivity contribution >= 4 is 56.9 Å². The predicted octanol–water partition coefficient (Wildman–Crippen LogP) is 5.34. The molecule has 12 nitrogen and oxygen atoms in total. The van der Waals surface area contributed by atoms with Crippen molar-refractivity contribution in [2.75, 3.05) is 112 Å². The van der Waals surface area contributed by atoms with E-state index in [2.05, 4.69) is 38.7 Å². The van der Waals surface area contributed by atoms with E-state index in [1.54, 1.807) is 0 Å². The van der Waals surface area contributed by atoms with Gasteiger partial charge in [0.05, 0.1) is 12.7 Å². The first-order valence-corrected chi connectivity index (χ1v) is 20.0. The summed E-state index contributed by atoms with van der Waals surface area (Å²) < 4.78 is 13.6. The summed E-state index contributed by atoms with van der Waals surface area (Å²) >= 11 is 3.05. The van der Waals surface area contributed by atoms with Crippen LogP contribution < -0.4 is 29.8 Å². The van der Waals surface area contributed by atoms with Crippen LogP contribution in [0, 0.1) is 23.7 Å². The first-order chi connectivity index (χ1) is 24.3. The molecular weight excluding hydrogens is 669 g/mol. The molecule has 4 saturated heterocycles. The van der Waals surface area contributed by atoms with Gasteiger partial charge in [-0.1, -0.05) is 0 Å². The molecule has 0 saturated carbocycles. The van der Waals surface area contributed by atoms with E-state index in [1.807, 2.05) is 62.3 Å². The fourth-order valence-electron chi connectivity index (χ4n) is 8.03. The Balaban J connectivity index is 0.000000187. The van der Waals surface area contributed by atoms with Gasteiger partial charge in [-0.3, -0.25) is 0 Å². The van der Waals surface area contributed by atoms with E-state index in [4.69, 9.17) is 4.74 Å². The number of hydrogen-bond donors (Lipinski definition) is 1. The smallest absolute Gasteiger partial charge is 0.337 e. The van der Waals surface area contributed by atoms with E-state index in [1.165, 1.54) is 100 Å². The Labute approximate surface area is 306 Å². The van der Waals surface area contributed by atoms with Crippen LogP contribution in [0.1, 0.15) is 61.7 Å². The molecule has 50 heavy (non-hydrogen) atoms. The highest BCUT2D eigenvalue weighted by Crippen LogP contribution is 2.36. The number of rotatable bonds is 8. The van der Waals surface area contributed by atoms with Crippen molar-refractivity contribution in [3.63, 3.8) is 0 Å². The molecule has 6 heterocycles. The van der Waals surface area contributed by atoms with Crippen LogP contribution in [0.4, 0.5) is 27.8 Å². The molecule has 0 amide bonds. The molecule has 1 N–H and O–H groups in total. The molecule has 0 bridgehead atoms. The Bertz CT molecular complexity index is 1470. The van der Waals surface area contributed by atoms with Crippen LogP contribution in [-0.2, 0) is 4.74 Å². The van der Waals surface area contributed by atoms with Crippen LogP contribution in [0.2, 0.25) is 0 Å². The number of carbonyl (C=O) groups is 1. The Morgan fingerprint density at radius 3 is 1.44 bits per heavy atom. The summed E-state index contributed by atoms with van der Waals surface area (Å²) in [6, 6.07) is 7.79. The first-order valence-electron chi connectivity index (χ1n) is 18.4.